The van der Waals surface area contributed by atoms with E-state index in [4.69, 9.17) is 0 Å². The number of nitrogens with one attached hydrogen (secondary N) is 2. The van der Waals surface area contributed by atoms with E-state index in [-0.39, 0.29) is 31.0 Å². The number of amides is 2. The maximum Gasteiger partial charge on any atom is 0.405 e. The van der Waals surface area contributed by atoms with Crippen molar-refractivity contribution in [3.05, 3.63) is 22.4 Å². The van der Waals surface area contributed by atoms with E-state index in [9.17, 15) is 22.8 Å². The molecule has 0 saturated carbocycles. The third-order valence-electron chi connectivity index (χ3n) is 3.15. The summed E-state index contributed by atoms with van der Waals surface area (Å²) in [4.78, 5) is 25.9. The van der Waals surface area contributed by atoms with E-state index in [0.717, 1.165) is 4.88 Å². The SMILES string of the molecule is CC(C)[C@H](NC(=O)CN(C)CC(=O)NCC(F)(F)F)c1cccs1. The summed E-state index contributed by atoms with van der Waals surface area (Å²) in [5.41, 5.74) is 0. The van der Waals surface area contributed by atoms with Crippen LogP contribution in [0.4, 0.5) is 13.2 Å². The van der Waals surface area contributed by atoms with Crippen molar-refractivity contribution in [1.29, 1.82) is 0 Å². The molecule has 9 heteroatoms. The van der Waals surface area contributed by atoms with Crippen LogP contribution in [0.5, 0.6) is 0 Å². The first-order valence-electron chi connectivity index (χ1n) is 7.43. The predicted octanol–water partition coefficient (Wildman–Crippen LogP) is 2.17. The number of thiophene rings is 1. The highest BCUT2D eigenvalue weighted by atomic mass is 32.1. The number of alkyl halides is 3. The maximum atomic E-state index is 12.1. The minimum Gasteiger partial charge on any atom is -0.347 e. The Morgan fingerprint density at radius 3 is 2.38 bits per heavy atom. The van der Waals surface area contributed by atoms with Crippen LogP contribution < -0.4 is 10.6 Å². The fourth-order valence-electron chi connectivity index (χ4n) is 2.05. The molecule has 136 valence electrons. The Morgan fingerprint density at radius 1 is 1.25 bits per heavy atom. The fraction of sp³-hybridized carbons (Fsp3) is 0.600. The van der Waals surface area contributed by atoms with E-state index in [1.807, 2.05) is 31.4 Å². The van der Waals surface area contributed by atoms with Crippen LogP contribution in [0.15, 0.2) is 17.5 Å². The molecular weight excluding hydrogens is 343 g/mol. The summed E-state index contributed by atoms with van der Waals surface area (Å²) >= 11 is 1.54. The fourth-order valence-corrected chi connectivity index (χ4v) is 3.00. The summed E-state index contributed by atoms with van der Waals surface area (Å²) < 4.78 is 36.1. The smallest absolute Gasteiger partial charge is 0.347 e. The normalized spacial score (nSPS) is 13.2. The van der Waals surface area contributed by atoms with Crippen LogP contribution >= 0.6 is 11.3 Å². The van der Waals surface area contributed by atoms with E-state index in [1.165, 1.54) is 11.9 Å². The van der Waals surface area contributed by atoms with Crippen LogP contribution in [0, 0.1) is 5.92 Å². The van der Waals surface area contributed by atoms with Crippen molar-refractivity contribution in [2.45, 2.75) is 26.1 Å². The Balaban J connectivity index is 2.44. The zero-order chi connectivity index (χ0) is 18.3. The molecule has 0 saturated heterocycles. The highest BCUT2D eigenvalue weighted by Gasteiger charge is 2.28. The molecule has 0 fully saturated rings. The first-order valence-corrected chi connectivity index (χ1v) is 8.31. The van der Waals surface area contributed by atoms with Gasteiger partial charge in [0.2, 0.25) is 11.8 Å². The summed E-state index contributed by atoms with van der Waals surface area (Å²) in [7, 11) is 1.50. The molecule has 0 radical (unpaired) electrons. The lowest BCUT2D eigenvalue weighted by atomic mass is 10.0. The Bertz CT molecular complexity index is 533. The molecule has 0 aliphatic heterocycles. The molecule has 1 atom stereocenters. The summed E-state index contributed by atoms with van der Waals surface area (Å²) in [5, 5.41) is 6.59. The second kappa shape index (κ2) is 9.03. The summed E-state index contributed by atoms with van der Waals surface area (Å²) in [6.07, 6.45) is -4.45. The van der Waals surface area contributed by atoms with Crippen LogP contribution in [-0.2, 0) is 9.59 Å². The van der Waals surface area contributed by atoms with Gasteiger partial charge in [-0.3, -0.25) is 14.5 Å². The number of carbonyl (C=O) groups is 2. The van der Waals surface area contributed by atoms with Gasteiger partial charge in [0.25, 0.3) is 0 Å². The molecule has 1 aromatic rings. The topological polar surface area (TPSA) is 61.4 Å². The number of likely N-dealkylation sites (N-methyl/N-ethyl adjacent to an activating group) is 1. The Hall–Kier alpha value is -1.61. The largest absolute Gasteiger partial charge is 0.405 e. The van der Waals surface area contributed by atoms with Gasteiger partial charge in [0.15, 0.2) is 0 Å². The zero-order valence-corrected chi connectivity index (χ0v) is 14.6. The molecule has 2 amide bonds. The molecule has 24 heavy (non-hydrogen) atoms. The van der Waals surface area contributed by atoms with Crippen LogP contribution in [-0.4, -0.2) is 49.6 Å². The first kappa shape index (κ1) is 20.4. The maximum absolute atomic E-state index is 12.1. The molecule has 5 nitrogen and oxygen atoms in total. The number of rotatable bonds is 8. The number of carbonyl (C=O) groups excluding carboxylic acids is 2. The molecule has 1 aromatic heterocycles. The molecule has 2 N–H and O–H groups in total. The van der Waals surface area contributed by atoms with Gasteiger partial charge in [-0.2, -0.15) is 13.2 Å². The van der Waals surface area contributed by atoms with Crippen LogP contribution in [0.25, 0.3) is 0 Å². The van der Waals surface area contributed by atoms with Gasteiger partial charge in [-0.25, -0.2) is 0 Å². The quantitative estimate of drug-likeness (QED) is 0.742. The molecule has 1 heterocycles. The van der Waals surface area contributed by atoms with Crippen molar-refractivity contribution >= 4 is 23.2 Å². The zero-order valence-electron chi connectivity index (χ0n) is 13.8. The lowest BCUT2D eigenvalue weighted by Gasteiger charge is -2.23. The standard InChI is InChI=1S/C15H22F3N3O2S/c1-10(2)14(11-5-4-6-24-11)20-13(23)8-21(3)7-12(22)19-9-15(16,17)18/h4-6,10,14H,7-9H2,1-3H3,(H,19,22)(H,20,23)/t14-/m0/s1. The van der Waals surface area contributed by atoms with Crippen LogP contribution in [0.3, 0.4) is 0 Å². The molecule has 0 spiro atoms. The van der Waals surface area contributed by atoms with Gasteiger partial charge < -0.3 is 10.6 Å². The van der Waals surface area contributed by atoms with E-state index >= 15 is 0 Å². The number of nitrogens with zero attached hydrogens (tertiary/aromatic N) is 1. The van der Waals surface area contributed by atoms with E-state index in [1.54, 1.807) is 16.7 Å². The molecule has 0 unspecified atom stereocenters. The molecule has 0 aliphatic carbocycles. The molecule has 0 bridgehead atoms. The lowest BCUT2D eigenvalue weighted by molar-refractivity contribution is -0.139. The molecule has 0 aliphatic rings. The molecular formula is C15H22F3N3O2S. The second-order valence-electron chi connectivity index (χ2n) is 5.87. The minimum absolute atomic E-state index is 0.0754. The van der Waals surface area contributed by atoms with E-state index in [2.05, 4.69) is 5.32 Å². The van der Waals surface area contributed by atoms with Crippen molar-refractivity contribution in [2.24, 2.45) is 5.92 Å². The third-order valence-corrected chi connectivity index (χ3v) is 4.10. The number of hydrogen-bond acceptors (Lipinski definition) is 4. The van der Waals surface area contributed by atoms with Gasteiger partial charge in [0.1, 0.15) is 6.54 Å². The van der Waals surface area contributed by atoms with Crippen LogP contribution in [0.2, 0.25) is 0 Å². The summed E-state index contributed by atoms with van der Waals surface area (Å²) in [6, 6.07) is 3.70. The monoisotopic (exact) mass is 365 g/mol. The Morgan fingerprint density at radius 2 is 1.88 bits per heavy atom. The van der Waals surface area contributed by atoms with Gasteiger partial charge in [0, 0.05) is 4.88 Å². The Kier molecular flexibility index (Phi) is 7.68. The third kappa shape index (κ3) is 7.78. The van der Waals surface area contributed by atoms with Crippen molar-refractivity contribution in [2.75, 3.05) is 26.7 Å². The summed E-state index contributed by atoms with van der Waals surface area (Å²) in [6.45, 7) is 2.24. The van der Waals surface area contributed by atoms with Gasteiger partial charge in [-0.15, -0.1) is 11.3 Å². The van der Waals surface area contributed by atoms with Crippen LogP contribution in [0.1, 0.15) is 24.8 Å². The summed E-state index contributed by atoms with van der Waals surface area (Å²) in [5.74, 6) is -0.873. The van der Waals surface area contributed by atoms with E-state index < -0.39 is 18.6 Å². The second-order valence-corrected chi connectivity index (χ2v) is 6.85. The van der Waals surface area contributed by atoms with Crippen molar-refractivity contribution in [3.8, 4) is 0 Å². The average Bonchev–Trinajstić information content (AvgIpc) is 2.95. The lowest BCUT2D eigenvalue weighted by Crippen LogP contribution is -2.44. The predicted molar refractivity (Wildman–Crippen MR) is 86.6 cm³/mol. The number of halogens is 3. The minimum atomic E-state index is -4.45. The van der Waals surface area contributed by atoms with Crippen molar-refractivity contribution < 1.29 is 22.8 Å². The van der Waals surface area contributed by atoms with Gasteiger partial charge in [-0.1, -0.05) is 19.9 Å². The van der Waals surface area contributed by atoms with E-state index in [0.29, 0.717) is 0 Å². The highest BCUT2D eigenvalue weighted by Crippen LogP contribution is 2.25. The molecule has 0 aromatic carbocycles. The number of hydrogen-bond donors (Lipinski definition) is 2. The average molecular weight is 365 g/mol. The van der Waals surface area contributed by atoms with Gasteiger partial charge in [-0.05, 0) is 24.4 Å². The highest BCUT2D eigenvalue weighted by molar-refractivity contribution is 7.10. The molecule has 1 rings (SSSR count). The van der Waals surface area contributed by atoms with Gasteiger partial charge >= 0.3 is 6.18 Å². The first-order chi connectivity index (χ1) is 11.1. The van der Waals surface area contributed by atoms with Crippen molar-refractivity contribution in [1.82, 2.24) is 15.5 Å². The van der Waals surface area contributed by atoms with Crippen molar-refractivity contribution in [3.63, 3.8) is 0 Å². The Labute approximate surface area is 143 Å². The van der Waals surface area contributed by atoms with Gasteiger partial charge in [0.05, 0.1) is 19.1 Å².